The van der Waals surface area contributed by atoms with Gasteiger partial charge in [0.25, 0.3) is 0 Å². The second-order valence-electron chi connectivity index (χ2n) is 5.69. The molecule has 1 aliphatic rings. The third-order valence-corrected chi connectivity index (χ3v) is 4.36. The van der Waals surface area contributed by atoms with Crippen LogP contribution in [0, 0.1) is 0 Å². The summed E-state index contributed by atoms with van der Waals surface area (Å²) in [5, 5.41) is 3.11. The predicted molar refractivity (Wildman–Crippen MR) is 98.4 cm³/mol. The maximum absolute atomic E-state index is 13.4. The van der Waals surface area contributed by atoms with Crippen molar-refractivity contribution in [3.8, 4) is 22.9 Å². The van der Waals surface area contributed by atoms with Gasteiger partial charge in [-0.1, -0.05) is 18.2 Å². The number of thioether (sulfide) groups is 1. The van der Waals surface area contributed by atoms with Crippen LogP contribution in [0.4, 0.5) is 20.4 Å². The molecule has 27 heavy (non-hydrogen) atoms. The van der Waals surface area contributed by atoms with E-state index in [-0.39, 0.29) is 17.3 Å². The Kier molecular flexibility index (Phi) is 4.53. The molecule has 0 radical (unpaired) electrons. The Morgan fingerprint density at radius 2 is 1.96 bits per heavy atom. The lowest BCUT2D eigenvalue weighted by molar-refractivity contribution is -0.286. The van der Waals surface area contributed by atoms with E-state index in [9.17, 15) is 8.78 Å². The molecule has 4 rings (SSSR count). The summed E-state index contributed by atoms with van der Waals surface area (Å²) in [5.41, 5.74) is 2.28. The molecule has 6 nitrogen and oxygen atoms in total. The first-order chi connectivity index (χ1) is 13.0. The number of nitrogens with one attached hydrogen (secondary N) is 1. The number of hydrogen-bond donors (Lipinski definition) is 1. The number of hydrogen-bond acceptors (Lipinski definition) is 7. The van der Waals surface area contributed by atoms with Gasteiger partial charge in [-0.25, -0.2) is 9.97 Å². The number of para-hydroxylation sites is 1. The second kappa shape index (κ2) is 6.99. The van der Waals surface area contributed by atoms with Crippen LogP contribution in [0.15, 0.2) is 48.8 Å². The number of fused-ring (bicyclic) bond motifs is 1. The summed E-state index contributed by atoms with van der Waals surface area (Å²) in [4.78, 5) is 12.5. The van der Waals surface area contributed by atoms with Crippen molar-refractivity contribution in [2.45, 2.75) is 12.0 Å². The van der Waals surface area contributed by atoms with E-state index in [1.807, 2.05) is 30.5 Å². The smallest absolute Gasteiger partial charge is 0.395 e. The Bertz CT molecular complexity index is 987. The Labute approximate surface area is 158 Å². The molecule has 138 valence electrons. The molecule has 0 atom stereocenters. The van der Waals surface area contributed by atoms with Crippen LogP contribution in [0.1, 0.15) is 5.56 Å². The number of anilines is 2. The third-order valence-electron chi connectivity index (χ3n) is 3.74. The van der Waals surface area contributed by atoms with Gasteiger partial charge in [0.05, 0.1) is 5.56 Å². The van der Waals surface area contributed by atoms with Crippen molar-refractivity contribution in [3.05, 3.63) is 54.4 Å². The maximum Gasteiger partial charge on any atom is 0.586 e. The predicted octanol–water partition coefficient (Wildman–Crippen LogP) is 4.47. The molecule has 0 saturated heterocycles. The minimum Gasteiger partial charge on any atom is -0.395 e. The molecule has 0 fully saturated rings. The second-order valence-corrected chi connectivity index (χ2v) is 6.56. The van der Waals surface area contributed by atoms with Gasteiger partial charge >= 0.3 is 6.29 Å². The van der Waals surface area contributed by atoms with Crippen LogP contribution in [0.5, 0.6) is 11.5 Å². The first-order valence-corrected chi connectivity index (χ1v) is 9.36. The minimum atomic E-state index is -3.70. The molecular formula is C18H14F2N4O2S. The molecule has 0 bridgehead atoms. The highest BCUT2D eigenvalue weighted by molar-refractivity contribution is 7.97. The molecule has 1 N–H and O–H groups in total. The number of ether oxygens (including phenoxy) is 2. The van der Waals surface area contributed by atoms with E-state index in [1.54, 1.807) is 23.9 Å². The zero-order valence-electron chi connectivity index (χ0n) is 14.1. The van der Waals surface area contributed by atoms with Gasteiger partial charge in [0, 0.05) is 11.4 Å². The van der Waals surface area contributed by atoms with Gasteiger partial charge in [0.2, 0.25) is 5.95 Å². The number of benzene rings is 2. The fraction of sp³-hybridized carbons (Fsp3) is 0.167. The van der Waals surface area contributed by atoms with E-state index in [1.165, 1.54) is 12.4 Å². The number of halogens is 2. The van der Waals surface area contributed by atoms with Gasteiger partial charge in [-0.2, -0.15) is 16.7 Å². The molecule has 1 aromatic heterocycles. The largest absolute Gasteiger partial charge is 0.586 e. The van der Waals surface area contributed by atoms with Crippen LogP contribution in [0.25, 0.3) is 11.4 Å². The van der Waals surface area contributed by atoms with Gasteiger partial charge in [0.15, 0.2) is 17.3 Å². The monoisotopic (exact) mass is 388 g/mol. The van der Waals surface area contributed by atoms with Crippen LogP contribution in [0.3, 0.4) is 0 Å². The molecule has 0 spiro atoms. The lowest BCUT2D eigenvalue weighted by atomic mass is 10.2. The Morgan fingerprint density at radius 3 is 2.81 bits per heavy atom. The first-order valence-electron chi connectivity index (χ1n) is 7.97. The summed E-state index contributed by atoms with van der Waals surface area (Å²) in [6.07, 6.45) is -0.361. The molecule has 1 aliphatic heterocycles. The van der Waals surface area contributed by atoms with Crippen LogP contribution < -0.4 is 14.8 Å². The van der Waals surface area contributed by atoms with Crippen LogP contribution in [-0.2, 0) is 5.75 Å². The molecule has 0 amide bonds. The average molecular weight is 388 g/mol. The van der Waals surface area contributed by atoms with E-state index < -0.39 is 6.29 Å². The van der Waals surface area contributed by atoms with Crippen molar-refractivity contribution in [1.82, 2.24) is 15.0 Å². The first kappa shape index (κ1) is 17.5. The molecule has 0 unspecified atom stereocenters. The van der Waals surface area contributed by atoms with Gasteiger partial charge in [-0.15, -0.1) is 8.78 Å². The zero-order valence-corrected chi connectivity index (χ0v) is 15.0. The summed E-state index contributed by atoms with van der Waals surface area (Å²) < 4.78 is 35.9. The van der Waals surface area contributed by atoms with E-state index >= 15 is 0 Å². The molecule has 2 aromatic carbocycles. The molecule has 0 aliphatic carbocycles. The average Bonchev–Trinajstić information content (AvgIpc) is 2.96. The van der Waals surface area contributed by atoms with Crippen LogP contribution in [0.2, 0.25) is 0 Å². The lowest BCUT2D eigenvalue weighted by Gasteiger charge is -2.09. The summed E-state index contributed by atoms with van der Waals surface area (Å²) in [7, 11) is 0. The summed E-state index contributed by atoms with van der Waals surface area (Å²) in [6.45, 7) is 0. The van der Waals surface area contributed by atoms with Gasteiger partial charge in [-0.05, 0) is 36.1 Å². The van der Waals surface area contributed by atoms with Gasteiger partial charge in [-0.3, -0.25) is 0 Å². The molecule has 9 heteroatoms. The zero-order chi connectivity index (χ0) is 18.9. The van der Waals surface area contributed by atoms with Gasteiger partial charge in [0.1, 0.15) is 6.33 Å². The van der Waals surface area contributed by atoms with E-state index in [4.69, 9.17) is 0 Å². The van der Waals surface area contributed by atoms with Crippen molar-refractivity contribution in [3.63, 3.8) is 0 Å². The molecule has 3 aromatic rings. The quantitative estimate of drug-likeness (QED) is 0.692. The van der Waals surface area contributed by atoms with Crippen molar-refractivity contribution in [2.75, 3.05) is 11.6 Å². The number of aromatic nitrogens is 3. The molecule has 2 heterocycles. The normalized spacial score (nSPS) is 14.2. The van der Waals surface area contributed by atoms with Crippen molar-refractivity contribution in [1.29, 1.82) is 0 Å². The maximum atomic E-state index is 13.4. The standard InChI is InChI=1S/C18H14F2N4O2S/c1-27-9-11-4-2-5-12(8-11)23-17-22-10-21-16(24-17)13-6-3-7-14-15(13)26-18(19,20)25-14/h2-8,10H,9H2,1H3,(H,21,22,23,24). The molecular weight excluding hydrogens is 374 g/mol. The fourth-order valence-corrected chi connectivity index (χ4v) is 3.18. The summed E-state index contributed by atoms with van der Waals surface area (Å²) in [6, 6.07) is 12.4. The SMILES string of the molecule is CSCc1cccc(Nc2ncnc(-c3cccc4c3OC(F)(F)O4)n2)c1. The van der Waals surface area contributed by atoms with Crippen molar-refractivity contribution >= 4 is 23.4 Å². The van der Waals surface area contributed by atoms with Crippen LogP contribution >= 0.6 is 11.8 Å². The highest BCUT2D eigenvalue weighted by Gasteiger charge is 2.44. The number of nitrogens with zero attached hydrogens (tertiary/aromatic N) is 3. The lowest BCUT2D eigenvalue weighted by Crippen LogP contribution is -2.26. The van der Waals surface area contributed by atoms with Crippen molar-refractivity contribution in [2.24, 2.45) is 0 Å². The topological polar surface area (TPSA) is 69.2 Å². The Morgan fingerprint density at radius 1 is 1.11 bits per heavy atom. The Hall–Kier alpha value is -2.94. The third kappa shape index (κ3) is 3.77. The number of alkyl halides is 2. The highest BCUT2D eigenvalue weighted by Crippen LogP contribution is 2.46. The number of rotatable bonds is 5. The highest BCUT2D eigenvalue weighted by atomic mass is 32.2. The van der Waals surface area contributed by atoms with Crippen molar-refractivity contribution < 1.29 is 18.3 Å². The Balaban J connectivity index is 1.63. The summed E-state index contributed by atoms with van der Waals surface area (Å²) >= 11 is 1.72. The van der Waals surface area contributed by atoms with Crippen LogP contribution in [-0.4, -0.2) is 27.5 Å². The molecule has 0 saturated carbocycles. The van der Waals surface area contributed by atoms with E-state index in [2.05, 4.69) is 29.7 Å². The van der Waals surface area contributed by atoms with E-state index in [0.29, 0.717) is 11.5 Å². The minimum absolute atomic E-state index is 0.0582. The van der Waals surface area contributed by atoms with E-state index in [0.717, 1.165) is 17.0 Å². The summed E-state index contributed by atoms with van der Waals surface area (Å²) in [5.74, 6) is 1.23. The fourth-order valence-electron chi connectivity index (χ4n) is 2.67. The van der Waals surface area contributed by atoms with Gasteiger partial charge < -0.3 is 14.8 Å².